The molecule has 1 amide bonds. The number of nitrogens with zero attached hydrogens (tertiary/aromatic N) is 5. The van der Waals surface area contributed by atoms with E-state index in [1.165, 1.54) is 16.3 Å². The first-order chi connectivity index (χ1) is 13.2. The standard InChI is InChI=1S/C17H15N7O2S/c1-2-9-23-15(26)11-5-3-4-6-12(11)24-16(23)21-22-17(24)27-10-14(25)19-13-7-8-18-20-13/h2-8H,1,9-10H2,(H2,18,19,20,25). The van der Waals surface area contributed by atoms with E-state index in [2.05, 4.69) is 32.3 Å². The number of allylic oxidation sites excluding steroid dienone is 1. The molecular weight excluding hydrogens is 366 g/mol. The lowest BCUT2D eigenvalue weighted by Gasteiger charge is -2.09. The molecule has 4 rings (SSSR count). The van der Waals surface area contributed by atoms with Gasteiger partial charge in [-0.3, -0.25) is 23.7 Å². The second-order valence-corrected chi connectivity index (χ2v) is 6.59. The third kappa shape index (κ3) is 3.10. The molecule has 0 aliphatic heterocycles. The summed E-state index contributed by atoms with van der Waals surface area (Å²) in [5.74, 6) is 0.867. The number of carbonyl (C=O) groups is 1. The summed E-state index contributed by atoms with van der Waals surface area (Å²) in [6.07, 6.45) is 3.19. The molecule has 136 valence electrons. The van der Waals surface area contributed by atoms with Crippen LogP contribution in [0.15, 0.2) is 59.1 Å². The van der Waals surface area contributed by atoms with Crippen molar-refractivity contribution in [2.24, 2.45) is 0 Å². The molecule has 3 heterocycles. The van der Waals surface area contributed by atoms with Crippen LogP contribution in [0.5, 0.6) is 0 Å². The Morgan fingerprint density at radius 3 is 2.93 bits per heavy atom. The average molecular weight is 381 g/mol. The van der Waals surface area contributed by atoms with Gasteiger partial charge in [-0.1, -0.05) is 30.0 Å². The normalized spacial score (nSPS) is 11.1. The summed E-state index contributed by atoms with van der Waals surface area (Å²) in [5, 5.41) is 18.6. The molecule has 0 unspecified atom stereocenters. The Labute approximate surface area is 157 Å². The molecule has 0 fully saturated rings. The van der Waals surface area contributed by atoms with Crippen LogP contribution in [0.2, 0.25) is 0 Å². The van der Waals surface area contributed by atoms with Gasteiger partial charge in [-0.25, -0.2) is 0 Å². The highest BCUT2D eigenvalue weighted by Gasteiger charge is 2.17. The molecule has 0 aliphatic carbocycles. The number of hydrogen-bond donors (Lipinski definition) is 2. The van der Waals surface area contributed by atoms with Crippen molar-refractivity contribution in [3.05, 3.63) is 59.5 Å². The Kier molecular flexibility index (Phi) is 4.47. The summed E-state index contributed by atoms with van der Waals surface area (Å²) >= 11 is 1.24. The van der Waals surface area contributed by atoms with Gasteiger partial charge in [0.2, 0.25) is 11.7 Å². The Morgan fingerprint density at radius 2 is 2.15 bits per heavy atom. The van der Waals surface area contributed by atoms with Crippen LogP contribution < -0.4 is 10.9 Å². The summed E-state index contributed by atoms with van der Waals surface area (Å²) in [6.45, 7) is 4.02. The third-order valence-electron chi connectivity index (χ3n) is 3.90. The lowest BCUT2D eigenvalue weighted by atomic mass is 10.2. The zero-order valence-corrected chi connectivity index (χ0v) is 14.9. The van der Waals surface area contributed by atoms with E-state index >= 15 is 0 Å². The van der Waals surface area contributed by atoms with Crippen LogP contribution in [0.25, 0.3) is 16.7 Å². The fraction of sp³-hybridized carbons (Fsp3) is 0.118. The minimum atomic E-state index is -0.204. The van der Waals surface area contributed by atoms with Gasteiger partial charge in [-0.05, 0) is 12.1 Å². The predicted octanol–water partition coefficient (Wildman–Crippen LogP) is 1.68. The van der Waals surface area contributed by atoms with Gasteiger partial charge in [-0.15, -0.1) is 16.8 Å². The van der Waals surface area contributed by atoms with Crippen molar-refractivity contribution in [1.82, 2.24) is 29.4 Å². The van der Waals surface area contributed by atoms with Gasteiger partial charge in [0.05, 0.1) is 22.9 Å². The minimum Gasteiger partial charge on any atom is -0.310 e. The van der Waals surface area contributed by atoms with E-state index in [0.717, 1.165) is 0 Å². The summed E-state index contributed by atoms with van der Waals surface area (Å²) in [4.78, 5) is 24.9. The van der Waals surface area contributed by atoms with Gasteiger partial charge in [0, 0.05) is 12.6 Å². The average Bonchev–Trinajstić information content (AvgIpc) is 3.33. The van der Waals surface area contributed by atoms with Gasteiger partial charge in [0.1, 0.15) is 5.82 Å². The zero-order valence-electron chi connectivity index (χ0n) is 14.1. The smallest absolute Gasteiger partial charge is 0.263 e. The van der Waals surface area contributed by atoms with E-state index in [-0.39, 0.29) is 17.2 Å². The first-order valence-corrected chi connectivity index (χ1v) is 9.07. The Bertz CT molecular complexity index is 1190. The van der Waals surface area contributed by atoms with Gasteiger partial charge in [-0.2, -0.15) is 5.10 Å². The van der Waals surface area contributed by atoms with Crippen molar-refractivity contribution in [2.45, 2.75) is 11.7 Å². The molecule has 27 heavy (non-hydrogen) atoms. The van der Waals surface area contributed by atoms with E-state index in [1.807, 2.05) is 18.2 Å². The maximum atomic E-state index is 12.7. The molecule has 2 N–H and O–H groups in total. The monoisotopic (exact) mass is 381 g/mol. The molecule has 10 heteroatoms. The predicted molar refractivity (Wildman–Crippen MR) is 103 cm³/mol. The highest BCUT2D eigenvalue weighted by atomic mass is 32.2. The van der Waals surface area contributed by atoms with Crippen molar-refractivity contribution >= 4 is 40.2 Å². The summed E-state index contributed by atoms with van der Waals surface area (Å²) in [7, 11) is 0. The zero-order chi connectivity index (χ0) is 18.8. The summed E-state index contributed by atoms with van der Waals surface area (Å²) in [6, 6.07) is 8.91. The molecule has 0 bridgehead atoms. The number of H-pyrrole nitrogens is 1. The molecule has 0 aliphatic rings. The molecular formula is C17H15N7O2S. The third-order valence-corrected chi connectivity index (χ3v) is 4.83. The SMILES string of the molecule is C=CCn1c(=O)c2ccccc2n2c(SCC(=O)Nc3ccn[nH]3)nnc12. The van der Waals surface area contributed by atoms with Crippen LogP contribution in [-0.2, 0) is 11.3 Å². The van der Waals surface area contributed by atoms with E-state index in [4.69, 9.17) is 0 Å². The van der Waals surface area contributed by atoms with Crippen molar-refractivity contribution in [3.63, 3.8) is 0 Å². The lowest BCUT2D eigenvalue weighted by molar-refractivity contribution is -0.113. The van der Waals surface area contributed by atoms with Gasteiger partial charge < -0.3 is 5.32 Å². The van der Waals surface area contributed by atoms with E-state index in [9.17, 15) is 9.59 Å². The van der Waals surface area contributed by atoms with Crippen LogP contribution in [0.1, 0.15) is 0 Å². The Hall–Kier alpha value is -3.40. The number of nitrogens with one attached hydrogen (secondary N) is 2. The number of anilines is 1. The van der Waals surface area contributed by atoms with Crippen LogP contribution in [0.4, 0.5) is 5.82 Å². The summed E-state index contributed by atoms with van der Waals surface area (Å²) < 4.78 is 3.30. The van der Waals surface area contributed by atoms with Gasteiger partial charge >= 0.3 is 0 Å². The minimum absolute atomic E-state index is 0.134. The van der Waals surface area contributed by atoms with E-state index < -0.39 is 0 Å². The lowest BCUT2D eigenvalue weighted by Crippen LogP contribution is -2.22. The largest absolute Gasteiger partial charge is 0.310 e. The molecule has 0 saturated heterocycles. The van der Waals surface area contributed by atoms with Crippen molar-refractivity contribution in [1.29, 1.82) is 0 Å². The van der Waals surface area contributed by atoms with Crippen molar-refractivity contribution in [3.8, 4) is 0 Å². The van der Waals surface area contributed by atoms with Gasteiger partial charge in [0.15, 0.2) is 5.16 Å². The Balaban J connectivity index is 1.72. The number of carbonyl (C=O) groups excluding carboxylic acids is 1. The Morgan fingerprint density at radius 1 is 1.30 bits per heavy atom. The molecule has 3 aromatic heterocycles. The second-order valence-electron chi connectivity index (χ2n) is 5.65. The van der Waals surface area contributed by atoms with Crippen LogP contribution in [-0.4, -0.2) is 41.0 Å². The summed E-state index contributed by atoms with van der Waals surface area (Å²) in [5.41, 5.74) is 0.540. The number of aromatic nitrogens is 6. The number of fused-ring (bicyclic) bond motifs is 3. The maximum Gasteiger partial charge on any atom is 0.263 e. The van der Waals surface area contributed by atoms with Crippen molar-refractivity contribution < 1.29 is 4.79 Å². The number of hydrogen-bond acceptors (Lipinski definition) is 6. The molecule has 0 radical (unpaired) electrons. The number of thioether (sulfide) groups is 1. The highest BCUT2D eigenvalue weighted by Crippen LogP contribution is 2.21. The molecule has 0 atom stereocenters. The van der Waals surface area contributed by atoms with Crippen LogP contribution in [0.3, 0.4) is 0 Å². The number of para-hydroxylation sites is 1. The van der Waals surface area contributed by atoms with Gasteiger partial charge in [0.25, 0.3) is 5.56 Å². The van der Waals surface area contributed by atoms with E-state index in [0.29, 0.717) is 34.2 Å². The second kappa shape index (κ2) is 7.08. The molecule has 9 nitrogen and oxygen atoms in total. The first kappa shape index (κ1) is 17.0. The first-order valence-electron chi connectivity index (χ1n) is 8.08. The fourth-order valence-electron chi connectivity index (χ4n) is 2.76. The highest BCUT2D eigenvalue weighted by molar-refractivity contribution is 7.99. The number of aromatic amines is 1. The topological polar surface area (TPSA) is 110 Å². The molecule has 0 spiro atoms. The molecule has 4 aromatic rings. The van der Waals surface area contributed by atoms with E-state index in [1.54, 1.807) is 28.8 Å². The van der Waals surface area contributed by atoms with Crippen molar-refractivity contribution in [2.75, 3.05) is 11.1 Å². The molecule has 0 saturated carbocycles. The fourth-order valence-corrected chi connectivity index (χ4v) is 3.50. The van der Waals surface area contributed by atoms with Crippen LogP contribution >= 0.6 is 11.8 Å². The molecule has 1 aromatic carbocycles. The number of amides is 1. The maximum absolute atomic E-state index is 12.7. The quantitative estimate of drug-likeness (QED) is 0.388. The number of benzene rings is 1. The number of rotatable bonds is 6. The van der Waals surface area contributed by atoms with Crippen LogP contribution in [0, 0.1) is 0 Å².